The third-order valence-electron chi connectivity index (χ3n) is 9.18. The predicted molar refractivity (Wildman–Crippen MR) is 352 cm³/mol. The highest BCUT2D eigenvalue weighted by Crippen LogP contribution is 2.29. The van der Waals surface area contributed by atoms with Crippen LogP contribution in [-0.4, -0.2) is 209 Å². The van der Waals surface area contributed by atoms with Crippen LogP contribution in [0.4, 0.5) is 0 Å². The quantitative estimate of drug-likeness (QED) is 0.0331. The summed E-state index contributed by atoms with van der Waals surface area (Å²) in [5.74, 6) is 0. The molecule has 0 bridgehead atoms. The maximum atomic E-state index is 11.5. The lowest BCUT2D eigenvalue weighted by Gasteiger charge is -2.44. The maximum absolute atomic E-state index is 11.5. The van der Waals surface area contributed by atoms with Crippen LogP contribution in [-0.2, 0) is 92.3 Å². The second-order valence-corrected chi connectivity index (χ2v) is 40.5. The molecule has 0 heterocycles. The van der Waals surface area contributed by atoms with E-state index in [0.717, 1.165) is 0 Å². The molecule has 0 aliphatic heterocycles. The smallest absolute Gasteiger partial charge is 0.632 e. The molecule has 0 saturated carbocycles. The van der Waals surface area contributed by atoms with Crippen LogP contribution in [0.3, 0.4) is 0 Å². The summed E-state index contributed by atoms with van der Waals surface area (Å²) in [5.41, 5.74) is 0. The molecule has 28 nitrogen and oxygen atoms in total. The first-order valence-corrected chi connectivity index (χ1v) is 44.0. The van der Waals surface area contributed by atoms with Gasteiger partial charge in [0.2, 0.25) is 0 Å². The molecule has 1 radical (unpaired) electrons. The minimum atomic E-state index is -4.34. The molecule has 0 aromatic carbocycles. The fourth-order valence-electron chi connectivity index (χ4n) is 7.57. The van der Waals surface area contributed by atoms with Crippen molar-refractivity contribution in [1.82, 2.24) is 6.15 Å². The van der Waals surface area contributed by atoms with E-state index < -0.39 is 121 Å². The SMILES string of the molecule is CC(C)[O][Al-]([O]C(C)CC(C)O[Si]([OH2+])(OC(C)C)OC(C)C)[O][Si](OC(C)C)(OC(C)C)O[Si](O)(OC(C)C)OC(C)C.CC(C)[O][Al]([O]C(C)CC(C)O[Si](N)(OC(C)C)OC(C)C)[O][Si](OC(C)C)(OC(C)C)O[Si](N)(OC(C)C)OC(C)C.N.O. The molecule has 4 unspecified atom stereocenters. The summed E-state index contributed by atoms with van der Waals surface area (Å²) >= 11 is -6.09. The third kappa shape index (κ3) is 47.2. The van der Waals surface area contributed by atoms with Crippen LogP contribution >= 0.6 is 0 Å². The first kappa shape index (κ1) is 95.6. The van der Waals surface area contributed by atoms with E-state index in [9.17, 15) is 4.80 Å². The Morgan fingerprint density at radius 2 is 0.682 bits per heavy atom. The van der Waals surface area contributed by atoms with Crippen molar-refractivity contribution in [2.24, 2.45) is 10.8 Å². The van der Waals surface area contributed by atoms with Gasteiger partial charge in [-0.25, -0.2) is 0 Å². The summed E-state index contributed by atoms with van der Waals surface area (Å²) in [5, 5.41) is 13.1. The Hall–Kier alpha value is 1.25. The molecule has 4 atom stereocenters. The molecule has 12 N–H and O–H groups in total. The molecular weight excluding hydrogens is 1290 g/mol. The van der Waals surface area contributed by atoms with E-state index in [4.69, 9.17) is 108 Å². The lowest BCUT2D eigenvalue weighted by Crippen LogP contribution is -2.69. The summed E-state index contributed by atoms with van der Waals surface area (Å²) in [7, 11) is -23.5. The Morgan fingerprint density at radius 1 is 0.352 bits per heavy atom. The van der Waals surface area contributed by atoms with Crippen LogP contribution in [0.5, 0.6) is 0 Å². The molecule has 0 aliphatic rings. The molecular formula is C52H130Al2N3O25Si6. The molecule has 0 aromatic heterocycles. The van der Waals surface area contributed by atoms with E-state index in [0.29, 0.717) is 12.8 Å². The molecule has 0 amide bonds. The predicted octanol–water partition coefficient (Wildman–Crippen LogP) is 7.94. The fourth-order valence-corrected chi connectivity index (χ4v) is 27.9. The zero-order valence-corrected chi connectivity index (χ0v) is 68.6. The Kier molecular flexibility index (Phi) is 49.7. The standard InChI is InChI=1S/C12H30NO6Si2.C12H29O7Si2.C11H26NO4Si.C11H25O5Si.2C3H7O.2Al.H3N.H2O/c2*1-9(2)15-20(13,16-10(3)4)19-21(14,17-11(5)6)18-12(7)8;1-8(2)14-17(12,15-9(3)4)16-11(6)7-10(5)13;1-8(2)14-17(13,15-9(3)4)16-11(6)7-10(5)12;2*1-3(2)4;;;;/h9-12H,13H2,1-8H3;9-13H,1-8H3;8-11H,7,12H2,1-6H3;8-11,13H,7H2,1-6H3;2*3H,1-2H3;;;1H3;1H2/q6*-1;+2;+3;;/p+1. The molecule has 0 aromatic rings. The van der Waals surface area contributed by atoms with E-state index in [1.54, 1.807) is 27.7 Å². The zero-order valence-electron chi connectivity index (χ0n) is 60.3. The lowest BCUT2D eigenvalue weighted by molar-refractivity contribution is -0.0802. The summed E-state index contributed by atoms with van der Waals surface area (Å²) in [6.45, 7) is 59.1. The van der Waals surface area contributed by atoms with Crippen LogP contribution in [0.1, 0.15) is 234 Å². The topological polar surface area (TPSA) is 365 Å². The van der Waals surface area contributed by atoms with Crippen LogP contribution in [0.25, 0.3) is 0 Å². The van der Waals surface area contributed by atoms with Gasteiger partial charge in [0.05, 0.1) is 24.4 Å². The van der Waals surface area contributed by atoms with Crippen molar-refractivity contribution in [2.45, 2.75) is 344 Å². The van der Waals surface area contributed by atoms with Crippen LogP contribution in [0.15, 0.2) is 0 Å². The molecule has 0 rings (SSSR count). The second kappa shape index (κ2) is 45.7. The van der Waals surface area contributed by atoms with Gasteiger partial charge in [-0.2, -0.15) is 0 Å². The lowest BCUT2D eigenvalue weighted by atomic mass is 10.2. The first-order valence-electron chi connectivity index (χ1n) is 30.9. The second-order valence-electron chi connectivity index (χ2n) is 24.9. The summed E-state index contributed by atoms with van der Waals surface area (Å²) in [4.78, 5) is 20.2. The van der Waals surface area contributed by atoms with Crippen LogP contribution in [0.2, 0.25) is 0 Å². The molecule has 533 valence electrons. The van der Waals surface area contributed by atoms with Crippen molar-refractivity contribution in [3.8, 4) is 0 Å². The normalized spacial score (nSPS) is 15.0. The van der Waals surface area contributed by atoms with Crippen molar-refractivity contribution in [1.29, 1.82) is 0 Å². The number of nitrogens with two attached hydrogens (primary N) is 2. The summed E-state index contributed by atoms with van der Waals surface area (Å²) in [6.07, 6.45) is -4.85. The zero-order chi connectivity index (χ0) is 67.5. The van der Waals surface area contributed by atoms with E-state index >= 15 is 0 Å². The Morgan fingerprint density at radius 3 is 1.02 bits per heavy atom. The third-order valence-corrected chi connectivity index (χ3v) is 30.9. The highest BCUT2D eigenvalue weighted by atomic mass is 28.5. The minimum Gasteiger partial charge on any atom is -0.632 e. The highest BCUT2D eigenvalue weighted by molar-refractivity contribution is 6.73. The Bertz CT molecular complexity index is 1570. The van der Waals surface area contributed by atoms with Gasteiger partial charge in [0, 0.05) is 73.2 Å². The Labute approximate surface area is 549 Å². The van der Waals surface area contributed by atoms with Crippen LogP contribution in [0, 0.1) is 0 Å². The maximum Gasteiger partial charge on any atom is 0.909 e. The molecule has 0 aliphatic carbocycles. The average Bonchev–Trinajstić information content (AvgIpc) is 3.18. The number of hydrogen-bond acceptors (Lipinski definition) is 26. The van der Waals surface area contributed by atoms with Gasteiger partial charge >= 0.3 is 84.4 Å². The average molecular weight is 1420 g/mol. The van der Waals surface area contributed by atoms with Gasteiger partial charge < -0.3 is 114 Å². The van der Waals surface area contributed by atoms with Crippen molar-refractivity contribution in [3.05, 3.63) is 0 Å². The van der Waals surface area contributed by atoms with Crippen molar-refractivity contribution < 1.29 is 107 Å². The number of hydrogen-bond donors (Lipinski definition) is 4. The minimum absolute atomic E-state index is 0. The monoisotopic (exact) mass is 1420 g/mol. The van der Waals surface area contributed by atoms with Crippen molar-refractivity contribution in [3.63, 3.8) is 0 Å². The summed E-state index contributed by atoms with van der Waals surface area (Å²) < 4.78 is 135. The molecule has 88 heavy (non-hydrogen) atoms. The largest absolute Gasteiger partial charge is 0.909 e. The van der Waals surface area contributed by atoms with E-state index in [-0.39, 0.29) is 84.9 Å². The van der Waals surface area contributed by atoms with E-state index in [2.05, 4.69) is 0 Å². The number of rotatable bonds is 48. The van der Waals surface area contributed by atoms with Gasteiger partial charge in [0.15, 0.2) is 0 Å². The fraction of sp³-hybridized carbons (Fsp3) is 1.00. The van der Waals surface area contributed by atoms with Gasteiger partial charge in [-0.05, 0) is 247 Å². The van der Waals surface area contributed by atoms with Crippen molar-refractivity contribution in [2.75, 3.05) is 0 Å². The van der Waals surface area contributed by atoms with Gasteiger partial charge in [0.1, 0.15) is 0 Å². The Balaban J connectivity index is -0.000000784. The summed E-state index contributed by atoms with van der Waals surface area (Å²) in [6, 6.07) is 0. The highest BCUT2D eigenvalue weighted by Gasteiger charge is 2.62. The van der Waals surface area contributed by atoms with E-state index in [1.807, 2.05) is 194 Å². The van der Waals surface area contributed by atoms with Gasteiger partial charge in [-0.3, -0.25) is 10.8 Å². The van der Waals surface area contributed by atoms with Gasteiger partial charge in [0.25, 0.3) is 0 Å². The molecule has 0 spiro atoms. The van der Waals surface area contributed by atoms with Crippen molar-refractivity contribution >= 4 is 84.4 Å². The van der Waals surface area contributed by atoms with Gasteiger partial charge in [-0.15, -0.1) is 0 Å². The van der Waals surface area contributed by atoms with Gasteiger partial charge in [-0.1, -0.05) is 0 Å². The molecule has 0 saturated heterocycles. The first-order chi connectivity index (χ1) is 39.0. The van der Waals surface area contributed by atoms with Crippen LogP contribution < -0.4 is 16.9 Å². The molecule has 0 fully saturated rings. The van der Waals surface area contributed by atoms with E-state index in [1.165, 1.54) is 0 Å². The molecule has 36 heteroatoms.